The maximum atomic E-state index is 6.45. The quantitative estimate of drug-likeness (QED) is 0.907. The van der Waals surface area contributed by atoms with Gasteiger partial charge in [0.25, 0.3) is 0 Å². The fourth-order valence-electron chi connectivity index (χ4n) is 2.89. The van der Waals surface area contributed by atoms with Crippen LogP contribution < -0.4 is 5.73 Å². The van der Waals surface area contributed by atoms with Gasteiger partial charge in [0, 0.05) is 6.20 Å². The smallest absolute Gasteiger partial charge is 0.247 e. The van der Waals surface area contributed by atoms with Crippen LogP contribution in [0, 0.1) is 5.92 Å². The normalized spacial score (nSPS) is 26.0. The van der Waals surface area contributed by atoms with Gasteiger partial charge in [-0.2, -0.15) is 4.98 Å². The van der Waals surface area contributed by atoms with Crippen molar-refractivity contribution in [3.8, 4) is 11.5 Å². The van der Waals surface area contributed by atoms with Gasteiger partial charge in [-0.15, -0.1) is 0 Å². The van der Waals surface area contributed by atoms with Gasteiger partial charge in [0.15, 0.2) is 0 Å². The molecule has 1 saturated carbocycles. The van der Waals surface area contributed by atoms with E-state index in [2.05, 4.69) is 22.0 Å². The highest BCUT2D eigenvalue weighted by Gasteiger charge is 2.38. The Labute approximate surface area is 132 Å². The minimum Gasteiger partial charge on any atom is -0.337 e. The lowest BCUT2D eigenvalue weighted by atomic mass is 9.77. The molecule has 2 aromatic rings. The first kappa shape index (κ1) is 14.8. The topological polar surface area (TPSA) is 77.8 Å². The Morgan fingerprint density at radius 2 is 2.24 bits per heavy atom. The third kappa shape index (κ3) is 2.91. The van der Waals surface area contributed by atoms with Gasteiger partial charge < -0.3 is 10.3 Å². The van der Waals surface area contributed by atoms with Crippen molar-refractivity contribution in [3.05, 3.63) is 28.2 Å². The SMILES string of the molecule is CC1CCCC(N)(c2nc(-c3ncc(Cl)cc3Cl)no2)C1. The monoisotopic (exact) mass is 326 g/mol. The second-order valence-corrected chi connectivity index (χ2v) is 6.61. The summed E-state index contributed by atoms with van der Waals surface area (Å²) in [7, 11) is 0. The van der Waals surface area contributed by atoms with Crippen LogP contribution in [0.15, 0.2) is 16.8 Å². The molecule has 2 N–H and O–H groups in total. The standard InChI is InChI=1S/C14H16Cl2N4O/c1-8-3-2-4-14(17,6-8)13-19-12(20-21-13)11-10(16)5-9(15)7-18-11/h5,7-8H,2-4,6,17H2,1H3. The van der Waals surface area contributed by atoms with Crippen LogP contribution in [-0.2, 0) is 5.54 Å². The van der Waals surface area contributed by atoms with Gasteiger partial charge >= 0.3 is 0 Å². The molecule has 1 aliphatic carbocycles. The van der Waals surface area contributed by atoms with Gasteiger partial charge in [0.1, 0.15) is 5.69 Å². The fourth-order valence-corrected chi connectivity index (χ4v) is 3.35. The van der Waals surface area contributed by atoms with E-state index in [1.165, 1.54) is 12.6 Å². The van der Waals surface area contributed by atoms with Crippen LogP contribution in [0.25, 0.3) is 11.5 Å². The molecule has 2 atom stereocenters. The van der Waals surface area contributed by atoms with Crippen molar-refractivity contribution in [3.63, 3.8) is 0 Å². The molecule has 0 spiro atoms. The minimum absolute atomic E-state index is 0.342. The van der Waals surface area contributed by atoms with Crippen LogP contribution in [0.1, 0.15) is 38.5 Å². The second-order valence-electron chi connectivity index (χ2n) is 5.76. The number of hydrogen-bond donors (Lipinski definition) is 1. The van der Waals surface area contributed by atoms with E-state index in [-0.39, 0.29) is 0 Å². The molecule has 2 unspecified atom stereocenters. The van der Waals surface area contributed by atoms with E-state index in [4.69, 9.17) is 33.5 Å². The first-order valence-electron chi connectivity index (χ1n) is 6.92. The highest BCUT2D eigenvalue weighted by atomic mass is 35.5. The molecule has 21 heavy (non-hydrogen) atoms. The molecule has 5 nitrogen and oxygen atoms in total. The Kier molecular flexibility index (Phi) is 3.90. The number of nitrogens with zero attached hydrogens (tertiary/aromatic N) is 3. The predicted molar refractivity (Wildman–Crippen MR) is 81.0 cm³/mol. The summed E-state index contributed by atoms with van der Waals surface area (Å²) in [5.41, 5.74) is 6.35. The summed E-state index contributed by atoms with van der Waals surface area (Å²) < 4.78 is 5.38. The summed E-state index contributed by atoms with van der Waals surface area (Å²) in [6.45, 7) is 2.19. The zero-order valence-electron chi connectivity index (χ0n) is 11.6. The van der Waals surface area contributed by atoms with E-state index in [1.54, 1.807) is 6.07 Å². The van der Waals surface area contributed by atoms with Crippen LogP contribution >= 0.6 is 23.2 Å². The van der Waals surface area contributed by atoms with Crippen molar-refractivity contribution in [1.82, 2.24) is 15.1 Å². The molecule has 3 rings (SSSR count). The summed E-state index contributed by atoms with van der Waals surface area (Å²) in [5, 5.41) is 4.82. The maximum Gasteiger partial charge on any atom is 0.247 e. The van der Waals surface area contributed by atoms with Crippen LogP contribution in [0.5, 0.6) is 0 Å². The summed E-state index contributed by atoms with van der Waals surface area (Å²) >= 11 is 12.0. The first-order valence-corrected chi connectivity index (χ1v) is 7.68. The fraction of sp³-hybridized carbons (Fsp3) is 0.500. The van der Waals surface area contributed by atoms with Gasteiger partial charge in [-0.25, -0.2) is 4.98 Å². The van der Waals surface area contributed by atoms with Gasteiger partial charge in [-0.3, -0.25) is 0 Å². The second kappa shape index (κ2) is 5.55. The maximum absolute atomic E-state index is 6.45. The Bertz CT molecular complexity index is 660. The van der Waals surface area contributed by atoms with Crippen molar-refractivity contribution >= 4 is 23.2 Å². The van der Waals surface area contributed by atoms with E-state index in [0.717, 1.165) is 19.3 Å². The Morgan fingerprint density at radius 1 is 1.43 bits per heavy atom. The first-order chi connectivity index (χ1) is 9.98. The number of halogens is 2. The molecule has 112 valence electrons. The summed E-state index contributed by atoms with van der Waals surface area (Å²) in [6, 6.07) is 1.60. The molecule has 0 aliphatic heterocycles. The average Bonchev–Trinajstić information content (AvgIpc) is 2.88. The van der Waals surface area contributed by atoms with Crippen molar-refractivity contribution in [2.45, 2.75) is 38.1 Å². The molecular formula is C14H16Cl2N4O. The van der Waals surface area contributed by atoms with Crippen molar-refractivity contribution < 1.29 is 4.52 Å². The molecule has 0 radical (unpaired) electrons. The Balaban J connectivity index is 1.92. The molecule has 7 heteroatoms. The molecule has 0 bridgehead atoms. The molecule has 1 aliphatic rings. The van der Waals surface area contributed by atoms with E-state index in [0.29, 0.717) is 33.4 Å². The zero-order chi connectivity index (χ0) is 15.0. The highest BCUT2D eigenvalue weighted by molar-refractivity contribution is 6.35. The number of pyridine rings is 1. The van der Waals surface area contributed by atoms with Crippen LogP contribution in [0.2, 0.25) is 10.0 Å². The van der Waals surface area contributed by atoms with Gasteiger partial charge in [0.2, 0.25) is 11.7 Å². The Morgan fingerprint density at radius 3 is 2.95 bits per heavy atom. The average molecular weight is 327 g/mol. The van der Waals surface area contributed by atoms with Gasteiger partial charge in [-0.05, 0) is 24.8 Å². The van der Waals surface area contributed by atoms with Crippen LogP contribution in [0.4, 0.5) is 0 Å². The van der Waals surface area contributed by atoms with E-state index in [9.17, 15) is 0 Å². The zero-order valence-corrected chi connectivity index (χ0v) is 13.2. The summed E-state index contributed by atoms with van der Waals surface area (Å²) in [4.78, 5) is 8.56. The molecule has 1 fully saturated rings. The van der Waals surface area contributed by atoms with Gasteiger partial charge in [0.05, 0.1) is 15.6 Å². The van der Waals surface area contributed by atoms with Crippen LogP contribution in [0.3, 0.4) is 0 Å². The number of hydrogen-bond acceptors (Lipinski definition) is 5. The van der Waals surface area contributed by atoms with E-state index >= 15 is 0 Å². The van der Waals surface area contributed by atoms with Gasteiger partial charge in [-0.1, -0.05) is 48.1 Å². The Hall–Kier alpha value is -1.17. The lowest BCUT2D eigenvalue weighted by molar-refractivity contribution is 0.183. The molecule has 2 heterocycles. The third-order valence-corrected chi connectivity index (χ3v) is 4.40. The number of nitrogens with two attached hydrogens (primary N) is 1. The lowest BCUT2D eigenvalue weighted by Gasteiger charge is -2.33. The molecule has 0 aromatic carbocycles. The van der Waals surface area contributed by atoms with E-state index < -0.39 is 5.54 Å². The van der Waals surface area contributed by atoms with Crippen molar-refractivity contribution in [2.75, 3.05) is 0 Å². The van der Waals surface area contributed by atoms with Crippen molar-refractivity contribution in [1.29, 1.82) is 0 Å². The summed E-state index contributed by atoms with van der Waals surface area (Å²) in [6.07, 6.45) is 5.44. The summed E-state index contributed by atoms with van der Waals surface area (Å²) in [5.74, 6) is 1.35. The molecular weight excluding hydrogens is 311 g/mol. The van der Waals surface area contributed by atoms with E-state index in [1.807, 2.05) is 0 Å². The lowest BCUT2D eigenvalue weighted by Crippen LogP contribution is -2.41. The highest BCUT2D eigenvalue weighted by Crippen LogP contribution is 2.38. The van der Waals surface area contributed by atoms with Crippen LogP contribution in [-0.4, -0.2) is 15.1 Å². The number of rotatable bonds is 2. The third-order valence-electron chi connectivity index (χ3n) is 3.90. The molecule has 0 saturated heterocycles. The number of aromatic nitrogens is 3. The largest absolute Gasteiger partial charge is 0.337 e. The molecule has 0 amide bonds. The molecule has 2 aromatic heterocycles. The minimum atomic E-state index is -0.554. The van der Waals surface area contributed by atoms with Crippen molar-refractivity contribution in [2.24, 2.45) is 11.7 Å². The predicted octanol–water partition coefficient (Wildman–Crippen LogP) is 3.80.